The molecular formula is C21H22N2O6. The molecule has 0 saturated heterocycles. The molecule has 0 unspecified atom stereocenters. The van der Waals surface area contributed by atoms with Crippen LogP contribution in [0.15, 0.2) is 36.4 Å². The number of carbonyl (C=O) groups is 1. The van der Waals surface area contributed by atoms with Crippen LogP contribution in [-0.2, 0) is 11.2 Å². The lowest BCUT2D eigenvalue weighted by Gasteiger charge is -2.28. The van der Waals surface area contributed by atoms with Crippen LogP contribution < -0.4 is 19.1 Å². The van der Waals surface area contributed by atoms with Crippen molar-refractivity contribution in [3.63, 3.8) is 0 Å². The molecule has 0 radical (unpaired) electrons. The van der Waals surface area contributed by atoms with Gasteiger partial charge in [0.2, 0.25) is 5.75 Å². The molecule has 8 heteroatoms. The number of nitrogens with zero attached hydrogens (tertiary/aromatic N) is 2. The molecule has 2 aromatic rings. The zero-order valence-corrected chi connectivity index (χ0v) is 16.5. The molecule has 1 aliphatic heterocycles. The van der Waals surface area contributed by atoms with Gasteiger partial charge in [-0.15, -0.1) is 0 Å². The zero-order chi connectivity index (χ0) is 21.0. The van der Waals surface area contributed by atoms with Gasteiger partial charge in [-0.2, -0.15) is 0 Å². The maximum Gasteiger partial charge on any atom is 0.271 e. The summed E-state index contributed by atoms with van der Waals surface area (Å²) in [5, 5.41) is 11.1. The Labute approximate surface area is 168 Å². The molecule has 29 heavy (non-hydrogen) atoms. The van der Waals surface area contributed by atoms with Crippen LogP contribution >= 0.6 is 0 Å². The van der Waals surface area contributed by atoms with Gasteiger partial charge in [0.1, 0.15) is 0 Å². The Morgan fingerprint density at radius 3 is 2.38 bits per heavy atom. The number of benzene rings is 2. The van der Waals surface area contributed by atoms with E-state index in [0.717, 1.165) is 18.4 Å². The Kier molecular flexibility index (Phi) is 6.01. The first-order valence-electron chi connectivity index (χ1n) is 9.05. The quantitative estimate of drug-likeness (QED) is 0.419. The second-order valence-electron chi connectivity index (χ2n) is 6.46. The van der Waals surface area contributed by atoms with Crippen LogP contribution in [0.3, 0.4) is 0 Å². The number of ether oxygens (including phenoxy) is 3. The van der Waals surface area contributed by atoms with Crippen molar-refractivity contribution in [1.82, 2.24) is 0 Å². The average Bonchev–Trinajstić information content (AvgIpc) is 2.75. The molecule has 2 aromatic carbocycles. The molecule has 1 heterocycles. The van der Waals surface area contributed by atoms with Gasteiger partial charge in [0, 0.05) is 24.8 Å². The van der Waals surface area contributed by atoms with E-state index in [1.165, 1.54) is 39.5 Å². The molecule has 0 aromatic heterocycles. The molecule has 3 rings (SSSR count). The normalized spacial score (nSPS) is 13.1. The van der Waals surface area contributed by atoms with Crippen LogP contribution in [0.1, 0.15) is 17.5 Å². The van der Waals surface area contributed by atoms with Crippen molar-refractivity contribution in [2.75, 3.05) is 32.8 Å². The van der Waals surface area contributed by atoms with Gasteiger partial charge < -0.3 is 19.1 Å². The number of rotatable bonds is 6. The van der Waals surface area contributed by atoms with Gasteiger partial charge in [0.05, 0.1) is 31.9 Å². The van der Waals surface area contributed by atoms with Crippen molar-refractivity contribution in [1.29, 1.82) is 0 Å². The van der Waals surface area contributed by atoms with E-state index in [-0.39, 0.29) is 11.6 Å². The smallest absolute Gasteiger partial charge is 0.271 e. The fourth-order valence-corrected chi connectivity index (χ4v) is 3.36. The minimum atomic E-state index is -0.455. The molecule has 0 N–H and O–H groups in total. The summed E-state index contributed by atoms with van der Waals surface area (Å²) in [7, 11) is 4.56. The van der Waals surface area contributed by atoms with Crippen molar-refractivity contribution >= 4 is 23.4 Å². The molecule has 1 amide bonds. The third kappa shape index (κ3) is 4.16. The summed E-state index contributed by atoms with van der Waals surface area (Å²) >= 11 is 0. The fraction of sp³-hybridized carbons (Fsp3) is 0.286. The topological polar surface area (TPSA) is 91.1 Å². The van der Waals surface area contributed by atoms with Crippen molar-refractivity contribution < 1.29 is 23.9 Å². The third-order valence-electron chi connectivity index (χ3n) is 4.77. The summed E-state index contributed by atoms with van der Waals surface area (Å²) in [6.45, 7) is 0.507. The van der Waals surface area contributed by atoms with Crippen molar-refractivity contribution in [2.24, 2.45) is 0 Å². The van der Waals surface area contributed by atoms with Gasteiger partial charge in [-0.25, -0.2) is 0 Å². The maximum atomic E-state index is 12.8. The van der Waals surface area contributed by atoms with Crippen molar-refractivity contribution in [2.45, 2.75) is 12.8 Å². The van der Waals surface area contributed by atoms with E-state index >= 15 is 0 Å². The first-order valence-corrected chi connectivity index (χ1v) is 9.05. The number of anilines is 1. The number of hydrogen-bond donors (Lipinski definition) is 0. The van der Waals surface area contributed by atoms with E-state index in [4.69, 9.17) is 14.2 Å². The minimum absolute atomic E-state index is 0.0305. The lowest BCUT2D eigenvalue weighted by molar-refractivity contribution is -0.384. The maximum absolute atomic E-state index is 12.8. The number of amides is 1. The number of non-ortho nitro benzene ring substituents is 1. The van der Waals surface area contributed by atoms with Gasteiger partial charge >= 0.3 is 0 Å². The standard InChI is InChI=1S/C21H22N2O6/c1-27-18-11-14(12-19(28-2)21(18)29-3)6-9-20(24)22-10-4-5-15-7-8-16(23(25)26)13-17(15)22/h6-9,11-13H,4-5,10H2,1-3H3/b9-6+. The molecule has 0 fully saturated rings. The highest BCUT2D eigenvalue weighted by Crippen LogP contribution is 2.38. The summed E-state index contributed by atoms with van der Waals surface area (Å²) in [4.78, 5) is 25.0. The second-order valence-corrected chi connectivity index (χ2v) is 6.46. The number of aryl methyl sites for hydroxylation is 1. The van der Waals surface area contributed by atoms with Gasteiger partial charge in [-0.3, -0.25) is 14.9 Å². The lowest BCUT2D eigenvalue weighted by atomic mass is 10.0. The van der Waals surface area contributed by atoms with Crippen LogP contribution in [0.25, 0.3) is 6.08 Å². The van der Waals surface area contributed by atoms with Crippen LogP contribution in [0, 0.1) is 10.1 Å². The first kappa shape index (κ1) is 20.2. The SMILES string of the molecule is COc1cc(/C=C/C(=O)N2CCCc3ccc([N+](=O)[O-])cc32)cc(OC)c1OC. The van der Waals surface area contributed by atoms with Gasteiger partial charge in [-0.05, 0) is 42.2 Å². The van der Waals surface area contributed by atoms with E-state index < -0.39 is 4.92 Å². The molecule has 152 valence electrons. The first-order chi connectivity index (χ1) is 14.0. The molecule has 0 atom stereocenters. The van der Waals surface area contributed by atoms with Crippen molar-refractivity contribution in [3.8, 4) is 17.2 Å². The number of methoxy groups -OCH3 is 3. The molecule has 0 saturated carbocycles. The molecule has 0 aliphatic carbocycles. The van der Waals surface area contributed by atoms with E-state index in [1.807, 2.05) is 0 Å². The highest BCUT2D eigenvalue weighted by Gasteiger charge is 2.23. The summed E-state index contributed by atoms with van der Waals surface area (Å²) in [5.41, 5.74) is 2.18. The Bertz CT molecular complexity index is 945. The Balaban J connectivity index is 1.89. The zero-order valence-electron chi connectivity index (χ0n) is 16.5. The third-order valence-corrected chi connectivity index (χ3v) is 4.77. The van der Waals surface area contributed by atoms with E-state index in [2.05, 4.69) is 0 Å². The number of nitro benzene ring substituents is 1. The van der Waals surface area contributed by atoms with Crippen LogP contribution in [0.5, 0.6) is 17.2 Å². The van der Waals surface area contributed by atoms with E-state index in [9.17, 15) is 14.9 Å². The van der Waals surface area contributed by atoms with Crippen LogP contribution in [0.4, 0.5) is 11.4 Å². The average molecular weight is 398 g/mol. The highest BCUT2D eigenvalue weighted by atomic mass is 16.6. The van der Waals surface area contributed by atoms with Gasteiger partial charge in [0.15, 0.2) is 11.5 Å². The van der Waals surface area contributed by atoms with E-state index in [1.54, 1.807) is 29.2 Å². The van der Waals surface area contributed by atoms with Crippen molar-refractivity contribution in [3.05, 3.63) is 57.6 Å². The lowest BCUT2D eigenvalue weighted by Crippen LogP contribution is -2.34. The van der Waals surface area contributed by atoms with Crippen LogP contribution in [-0.4, -0.2) is 38.7 Å². The monoisotopic (exact) mass is 398 g/mol. The van der Waals surface area contributed by atoms with E-state index in [0.29, 0.717) is 35.0 Å². The molecule has 8 nitrogen and oxygen atoms in total. The molecule has 0 spiro atoms. The summed E-state index contributed by atoms with van der Waals surface area (Å²) in [6.07, 6.45) is 4.68. The summed E-state index contributed by atoms with van der Waals surface area (Å²) in [5.74, 6) is 1.19. The fourth-order valence-electron chi connectivity index (χ4n) is 3.36. The largest absolute Gasteiger partial charge is 0.493 e. The highest BCUT2D eigenvalue weighted by molar-refractivity contribution is 6.04. The van der Waals surface area contributed by atoms with Gasteiger partial charge in [0.25, 0.3) is 11.6 Å². The predicted octanol–water partition coefficient (Wildman–Crippen LogP) is 3.61. The molecule has 0 bridgehead atoms. The predicted molar refractivity (Wildman–Crippen MR) is 109 cm³/mol. The minimum Gasteiger partial charge on any atom is -0.493 e. The summed E-state index contributed by atoms with van der Waals surface area (Å²) in [6, 6.07) is 8.12. The Morgan fingerprint density at radius 2 is 1.79 bits per heavy atom. The molecule has 1 aliphatic rings. The van der Waals surface area contributed by atoms with Gasteiger partial charge in [-0.1, -0.05) is 6.07 Å². The summed E-state index contributed by atoms with van der Waals surface area (Å²) < 4.78 is 16.0. The number of nitro groups is 1. The number of fused-ring (bicyclic) bond motifs is 1. The Morgan fingerprint density at radius 1 is 1.10 bits per heavy atom. The second kappa shape index (κ2) is 8.64. The molecular weight excluding hydrogens is 376 g/mol. The Hall–Kier alpha value is -3.55. The van der Waals surface area contributed by atoms with Crippen LogP contribution in [0.2, 0.25) is 0 Å². The number of carbonyl (C=O) groups excluding carboxylic acids is 1. The number of hydrogen-bond acceptors (Lipinski definition) is 6.